The fraction of sp³-hybridized carbons (Fsp3) is 0.500. The smallest absolute Gasteiger partial charge is 0.120 e. The maximum atomic E-state index is 9.71. The molecule has 1 aromatic carbocycles. The van der Waals surface area contributed by atoms with Gasteiger partial charge in [0.1, 0.15) is 5.75 Å². The first-order valence-corrected chi connectivity index (χ1v) is 6.27. The molecule has 0 radical (unpaired) electrons. The third-order valence-electron chi connectivity index (χ3n) is 2.52. The van der Waals surface area contributed by atoms with Gasteiger partial charge in [-0.05, 0) is 31.2 Å². The molecule has 0 saturated heterocycles. The summed E-state index contributed by atoms with van der Waals surface area (Å²) in [6.45, 7) is 4.75. The summed E-state index contributed by atoms with van der Waals surface area (Å²) in [4.78, 5) is 2.19. The van der Waals surface area contributed by atoms with Gasteiger partial charge < -0.3 is 10.2 Å². The normalized spacial score (nSPS) is 11.0. The number of hydrogen-bond donors (Lipinski definition) is 2. The molecule has 1 aromatic rings. The van der Waals surface area contributed by atoms with E-state index in [0.29, 0.717) is 12.3 Å². The second-order valence-electron chi connectivity index (χ2n) is 3.72. The van der Waals surface area contributed by atoms with Gasteiger partial charge in [0.05, 0.1) is 0 Å². The van der Waals surface area contributed by atoms with Crippen LogP contribution in [0.3, 0.4) is 0 Å². The molecule has 2 N–H and O–H groups in total. The molecule has 4 heteroatoms. The fourth-order valence-electron chi connectivity index (χ4n) is 1.56. The lowest BCUT2D eigenvalue weighted by Gasteiger charge is -2.20. The van der Waals surface area contributed by atoms with Crippen molar-refractivity contribution in [3.63, 3.8) is 0 Å². The minimum atomic E-state index is 0.209. The minimum absolute atomic E-state index is 0.209. The number of aliphatic hydroxyl groups excluding tert-OH is 1. The Morgan fingerprint density at radius 2 is 2.12 bits per heavy atom. The highest BCUT2D eigenvalue weighted by atomic mass is 79.9. The van der Waals surface area contributed by atoms with Crippen LogP contribution in [-0.4, -0.2) is 34.8 Å². The Kier molecular flexibility index (Phi) is 5.80. The van der Waals surface area contributed by atoms with E-state index in [4.69, 9.17) is 5.11 Å². The summed E-state index contributed by atoms with van der Waals surface area (Å²) in [5.41, 5.74) is 0.911. The van der Waals surface area contributed by atoms with Gasteiger partial charge in [0.25, 0.3) is 0 Å². The number of aromatic hydroxyl groups is 1. The van der Waals surface area contributed by atoms with Gasteiger partial charge in [0.15, 0.2) is 0 Å². The van der Waals surface area contributed by atoms with Crippen molar-refractivity contribution in [3.05, 3.63) is 28.2 Å². The minimum Gasteiger partial charge on any atom is -0.508 e. The molecule has 0 unspecified atom stereocenters. The summed E-state index contributed by atoms with van der Waals surface area (Å²) in [5, 5.41) is 18.5. The second kappa shape index (κ2) is 6.89. The fourth-order valence-corrected chi connectivity index (χ4v) is 1.97. The Morgan fingerprint density at radius 3 is 2.75 bits per heavy atom. The zero-order chi connectivity index (χ0) is 12.0. The predicted molar refractivity (Wildman–Crippen MR) is 68.5 cm³/mol. The summed E-state index contributed by atoms with van der Waals surface area (Å²) in [6.07, 6.45) is 0.766. The summed E-state index contributed by atoms with van der Waals surface area (Å²) in [7, 11) is 0. The van der Waals surface area contributed by atoms with Crippen molar-refractivity contribution in [3.8, 4) is 5.75 Å². The van der Waals surface area contributed by atoms with Crippen molar-refractivity contribution in [2.24, 2.45) is 0 Å². The molecule has 0 saturated carbocycles. The molecule has 0 atom stereocenters. The number of phenols is 1. The first-order valence-electron chi connectivity index (χ1n) is 5.48. The summed E-state index contributed by atoms with van der Waals surface area (Å²) in [5.74, 6) is 0.325. The lowest BCUT2D eigenvalue weighted by Crippen LogP contribution is -2.24. The quantitative estimate of drug-likeness (QED) is 0.844. The highest BCUT2D eigenvalue weighted by Crippen LogP contribution is 2.23. The van der Waals surface area contributed by atoms with Crippen LogP contribution in [0.2, 0.25) is 0 Å². The highest BCUT2D eigenvalue weighted by molar-refractivity contribution is 9.10. The number of hydrogen-bond acceptors (Lipinski definition) is 3. The molecule has 90 valence electrons. The van der Waals surface area contributed by atoms with Gasteiger partial charge in [-0.25, -0.2) is 0 Å². The Balaban J connectivity index is 2.65. The lowest BCUT2D eigenvalue weighted by molar-refractivity contribution is 0.224. The van der Waals surface area contributed by atoms with Gasteiger partial charge in [-0.2, -0.15) is 0 Å². The Morgan fingerprint density at radius 1 is 1.38 bits per heavy atom. The SMILES string of the molecule is CCN(CCCO)Cc1cc(Br)ccc1O. The average Bonchev–Trinajstić information content (AvgIpc) is 2.28. The summed E-state index contributed by atoms with van der Waals surface area (Å²) >= 11 is 3.39. The van der Waals surface area contributed by atoms with E-state index in [-0.39, 0.29) is 6.61 Å². The lowest BCUT2D eigenvalue weighted by atomic mass is 10.2. The number of nitrogens with zero attached hydrogens (tertiary/aromatic N) is 1. The summed E-state index contributed by atoms with van der Waals surface area (Å²) < 4.78 is 0.971. The zero-order valence-electron chi connectivity index (χ0n) is 9.49. The molecule has 0 aliphatic carbocycles. The third kappa shape index (κ3) is 4.12. The van der Waals surface area contributed by atoms with Crippen LogP contribution in [0.15, 0.2) is 22.7 Å². The maximum absolute atomic E-state index is 9.71. The van der Waals surface area contributed by atoms with E-state index in [1.54, 1.807) is 6.07 Å². The van der Waals surface area contributed by atoms with Crippen molar-refractivity contribution < 1.29 is 10.2 Å². The van der Waals surface area contributed by atoms with E-state index in [2.05, 4.69) is 27.8 Å². The van der Waals surface area contributed by atoms with Crippen LogP contribution in [0.4, 0.5) is 0 Å². The number of rotatable bonds is 6. The molecule has 0 bridgehead atoms. The van der Waals surface area contributed by atoms with Crippen molar-refractivity contribution in [2.75, 3.05) is 19.7 Å². The number of aliphatic hydroxyl groups is 1. The molecule has 1 rings (SSSR count). The van der Waals surface area contributed by atoms with E-state index < -0.39 is 0 Å². The van der Waals surface area contributed by atoms with Crippen molar-refractivity contribution in [1.29, 1.82) is 0 Å². The van der Waals surface area contributed by atoms with E-state index in [0.717, 1.165) is 29.5 Å². The summed E-state index contributed by atoms with van der Waals surface area (Å²) in [6, 6.07) is 5.44. The van der Waals surface area contributed by atoms with E-state index >= 15 is 0 Å². The monoisotopic (exact) mass is 287 g/mol. The first-order chi connectivity index (χ1) is 7.67. The molecular formula is C12H18BrNO2. The molecule has 0 heterocycles. The average molecular weight is 288 g/mol. The van der Waals surface area contributed by atoms with Crippen LogP contribution < -0.4 is 0 Å². The largest absolute Gasteiger partial charge is 0.508 e. The van der Waals surface area contributed by atoms with Crippen molar-refractivity contribution in [2.45, 2.75) is 19.9 Å². The van der Waals surface area contributed by atoms with Crippen LogP contribution in [0.25, 0.3) is 0 Å². The molecule has 0 aromatic heterocycles. The van der Waals surface area contributed by atoms with Crippen molar-refractivity contribution in [1.82, 2.24) is 4.90 Å². The van der Waals surface area contributed by atoms with Gasteiger partial charge in [-0.3, -0.25) is 4.90 Å². The first kappa shape index (κ1) is 13.5. The van der Waals surface area contributed by atoms with Crippen LogP contribution in [0, 0.1) is 0 Å². The van der Waals surface area contributed by atoms with Gasteiger partial charge >= 0.3 is 0 Å². The Bertz CT molecular complexity index is 331. The standard InChI is InChI=1S/C12H18BrNO2/c1-2-14(6-3-7-15)9-10-8-11(13)4-5-12(10)16/h4-5,8,15-16H,2-3,6-7,9H2,1H3. The molecule has 0 fully saturated rings. The predicted octanol–water partition coefficient (Wildman–Crippen LogP) is 2.36. The van der Waals surface area contributed by atoms with Gasteiger partial charge in [-0.15, -0.1) is 0 Å². The van der Waals surface area contributed by atoms with E-state index in [1.807, 2.05) is 12.1 Å². The molecule has 0 aliphatic heterocycles. The highest BCUT2D eigenvalue weighted by Gasteiger charge is 2.07. The maximum Gasteiger partial charge on any atom is 0.120 e. The van der Waals surface area contributed by atoms with E-state index in [1.165, 1.54) is 0 Å². The molecule has 0 spiro atoms. The number of benzene rings is 1. The third-order valence-corrected chi connectivity index (χ3v) is 3.01. The topological polar surface area (TPSA) is 43.7 Å². The Hall–Kier alpha value is -0.580. The number of phenolic OH excluding ortho intramolecular Hbond substituents is 1. The van der Waals surface area contributed by atoms with Gasteiger partial charge in [0.2, 0.25) is 0 Å². The van der Waals surface area contributed by atoms with Crippen LogP contribution in [-0.2, 0) is 6.54 Å². The van der Waals surface area contributed by atoms with Gasteiger partial charge in [0, 0.05) is 29.7 Å². The van der Waals surface area contributed by atoms with Crippen LogP contribution >= 0.6 is 15.9 Å². The van der Waals surface area contributed by atoms with Crippen molar-refractivity contribution >= 4 is 15.9 Å². The number of halogens is 1. The Labute approximate surface area is 105 Å². The zero-order valence-corrected chi connectivity index (χ0v) is 11.1. The van der Waals surface area contributed by atoms with Crippen LogP contribution in [0.1, 0.15) is 18.9 Å². The van der Waals surface area contributed by atoms with Gasteiger partial charge in [-0.1, -0.05) is 22.9 Å². The molecular weight excluding hydrogens is 270 g/mol. The molecule has 0 aliphatic rings. The van der Waals surface area contributed by atoms with E-state index in [9.17, 15) is 5.11 Å². The second-order valence-corrected chi connectivity index (χ2v) is 4.63. The molecule has 0 amide bonds. The molecule has 3 nitrogen and oxygen atoms in total. The molecule has 16 heavy (non-hydrogen) atoms. The van der Waals surface area contributed by atoms with Crippen LogP contribution in [0.5, 0.6) is 5.75 Å².